The maximum atomic E-state index is 14.6. The molecule has 13 atom stereocenters. The molecule has 9 nitrogen and oxygen atoms in total. The van der Waals surface area contributed by atoms with Crippen LogP contribution in [-0.4, -0.2) is 86.1 Å². The van der Waals surface area contributed by atoms with Crippen LogP contribution in [0.1, 0.15) is 107 Å². The maximum Gasteiger partial charge on any atom is 0.187 e. The summed E-state index contributed by atoms with van der Waals surface area (Å²) in [6, 6.07) is 0. The summed E-state index contributed by atoms with van der Waals surface area (Å²) < 4.78 is 12.0. The normalized spacial score (nSPS) is 46.9. The first kappa shape index (κ1) is 35.1. The number of aliphatic hydroxyl groups is 5. The van der Waals surface area contributed by atoms with Crippen LogP contribution in [0.3, 0.4) is 0 Å². The number of Topliss-reactive ketones (excluding diaryl/α,β-unsaturated/α-hetero) is 2. The molecule has 0 spiro atoms. The smallest absolute Gasteiger partial charge is 0.187 e. The van der Waals surface area contributed by atoms with E-state index in [1.165, 1.54) is 5.57 Å². The fourth-order valence-electron chi connectivity index (χ4n) is 10.8. The van der Waals surface area contributed by atoms with Gasteiger partial charge in [-0.25, -0.2) is 0 Å². The van der Waals surface area contributed by atoms with Gasteiger partial charge in [0, 0.05) is 23.7 Å². The Bertz CT molecular complexity index is 1190. The fourth-order valence-corrected chi connectivity index (χ4v) is 10.8. The number of carbonyl (C=O) groups excluding carboxylic acids is 2. The average molecular weight is 635 g/mol. The van der Waals surface area contributed by atoms with Gasteiger partial charge in [-0.05, 0) is 86.9 Å². The van der Waals surface area contributed by atoms with Crippen molar-refractivity contribution in [1.29, 1.82) is 0 Å². The van der Waals surface area contributed by atoms with Crippen LogP contribution in [0.4, 0.5) is 0 Å². The minimum absolute atomic E-state index is 0.0370. The van der Waals surface area contributed by atoms with E-state index in [1.54, 1.807) is 13.8 Å². The lowest BCUT2D eigenvalue weighted by molar-refractivity contribution is -0.319. The van der Waals surface area contributed by atoms with E-state index in [1.807, 2.05) is 0 Å². The number of fused-ring (bicyclic) bond motifs is 5. The zero-order chi connectivity index (χ0) is 33.5. The molecule has 256 valence electrons. The average Bonchev–Trinajstić information content (AvgIpc) is 3.23. The third kappa shape index (κ3) is 5.31. The third-order valence-corrected chi connectivity index (χ3v) is 14.0. The highest BCUT2D eigenvalue weighted by Crippen LogP contribution is 2.74. The number of ether oxygens (including phenoxy) is 2. The summed E-state index contributed by atoms with van der Waals surface area (Å²) in [5.41, 5.74) is -1.32. The minimum Gasteiger partial charge on any atom is -0.394 e. The van der Waals surface area contributed by atoms with Crippen molar-refractivity contribution in [2.24, 2.45) is 45.3 Å². The first-order valence-corrected chi connectivity index (χ1v) is 17.2. The maximum absolute atomic E-state index is 14.6. The lowest BCUT2D eigenvalue weighted by atomic mass is 9.38. The molecule has 4 fully saturated rings. The monoisotopic (exact) mass is 634 g/mol. The van der Waals surface area contributed by atoms with E-state index in [9.17, 15) is 35.1 Å². The molecule has 1 saturated heterocycles. The SMILES string of the molecule is C[C@H](CCC(=O)C(C)(C)O)[C@H]1CC[C@@]2(C)[C@@H]3CC=C4[C@@H](CC[C@H](O[C@@H]5O[C@H](CO)[C@@H](O)[C@H](O)[C@H]5O)C4(C)C)[C@]3(C)C(=O)C[C@]12C. The molecule has 1 aliphatic heterocycles. The van der Waals surface area contributed by atoms with E-state index >= 15 is 0 Å². The van der Waals surface area contributed by atoms with Gasteiger partial charge in [0.15, 0.2) is 12.1 Å². The highest BCUT2D eigenvalue weighted by molar-refractivity contribution is 5.88. The Morgan fingerprint density at radius 3 is 2.33 bits per heavy atom. The van der Waals surface area contributed by atoms with Crippen molar-refractivity contribution in [2.75, 3.05) is 6.61 Å². The van der Waals surface area contributed by atoms with Crippen molar-refractivity contribution < 1.29 is 44.6 Å². The number of allylic oxidation sites excluding steroid dienone is 1. The molecule has 0 amide bonds. The first-order valence-electron chi connectivity index (χ1n) is 17.2. The third-order valence-electron chi connectivity index (χ3n) is 14.0. The Morgan fingerprint density at radius 1 is 1.04 bits per heavy atom. The van der Waals surface area contributed by atoms with Gasteiger partial charge in [-0.1, -0.05) is 53.2 Å². The number of carbonyl (C=O) groups is 2. The van der Waals surface area contributed by atoms with Gasteiger partial charge in [0.25, 0.3) is 0 Å². The Kier molecular flexibility index (Phi) is 9.16. The fraction of sp³-hybridized carbons (Fsp3) is 0.889. The van der Waals surface area contributed by atoms with E-state index < -0.39 is 53.7 Å². The molecule has 5 aliphatic rings. The van der Waals surface area contributed by atoms with Gasteiger partial charge < -0.3 is 35.0 Å². The molecule has 3 saturated carbocycles. The van der Waals surface area contributed by atoms with Crippen LogP contribution in [-0.2, 0) is 19.1 Å². The topological polar surface area (TPSA) is 154 Å². The molecule has 45 heavy (non-hydrogen) atoms. The second-order valence-electron chi connectivity index (χ2n) is 17.0. The highest BCUT2D eigenvalue weighted by atomic mass is 16.7. The first-order chi connectivity index (χ1) is 20.7. The largest absolute Gasteiger partial charge is 0.394 e. The van der Waals surface area contributed by atoms with Crippen LogP contribution >= 0.6 is 0 Å². The Hall–Kier alpha value is -1.20. The van der Waals surface area contributed by atoms with Crippen molar-refractivity contribution in [3.63, 3.8) is 0 Å². The van der Waals surface area contributed by atoms with Gasteiger partial charge >= 0.3 is 0 Å². The highest BCUT2D eigenvalue weighted by Gasteiger charge is 2.70. The Labute approximate surface area is 268 Å². The van der Waals surface area contributed by atoms with Crippen LogP contribution < -0.4 is 0 Å². The summed E-state index contributed by atoms with van der Waals surface area (Å²) in [6.45, 7) is 16.0. The predicted molar refractivity (Wildman–Crippen MR) is 168 cm³/mol. The number of hydrogen-bond donors (Lipinski definition) is 5. The standard InChI is InChI=1S/C36H58O9/c1-19(9-13-25(38)33(4,5)43)20-15-16-34(6)24-12-10-21-22(36(24,8)26(39)17-35(20,34)7)11-14-27(32(21,2)3)45-31-30(42)29(41)28(40)23(18-37)44-31/h10,19-20,22-24,27-31,37,40-43H,9,11-18H2,1-8H3/t19-,20-,22-,23-,24+,27+,28-,29+,30-,31+,34+,35-,36+/m1/s1. The quantitative estimate of drug-likeness (QED) is 0.252. The lowest BCUT2D eigenvalue weighted by Crippen LogP contribution is -2.64. The summed E-state index contributed by atoms with van der Waals surface area (Å²) >= 11 is 0. The van der Waals surface area contributed by atoms with Crippen LogP contribution in [0.25, 0.3) is 0 Å². The van der Waals surface area contributed by atoms with Gasteiger partial charge in [-0.3, -0.25) is 9.59 Å². The second kappa shape index (κ2) is 11.7. The second-order valence-corrected chi connectivity index (χ2v) is 17.0. The zero-order valence-corrected chi connectivity index (χ0v) is 28.6. The van der Waals surface area contributed by atoms with E-state index in [4.69, 9.17) is 9.47 Å². The van der Waals surface area contributed by atoms with Crippen molar-refractivity contribution in [3.8, 4) is 0 Å². The van der Waals surface area contributed by atoms with Gasteiger partial charge in [0.2, 0.25) is 0 Å². The molecular formula is C36H58O9. The molecule has 0 radical (unpaired) electrons. The van der Waals surface area contributed by atoms with Crippen LogP contribution in [0.2, 0.25) is 0 Å². The lowest BCUT2D eigenvalue weighted by Gasteiger charge is -2.65. The predicted octanol–water partition coefficient (Wildman–Crippen LogP) is 3.71. The number of aliphatic hydroxyl groups excluding tert-OH is 4. The van der Waals surface area contributed by atoms with E-state index in [0.29, 0.717) is 37.4 Å². The van der Waals surface area contributed by atoms with Gasteiger partial charge in [-0.15, -0.1) is 0 Å². The van der Waals surface area contributed by atoms with Gasteiger partial charge in [-0.2, -0.15) is 0 Å². The molecule has 4 aliphatic carbocycles. The number of ketones is 2. The summed E-state index contributed by atoms with van der Waals surface area (Å²) in [6.07, 6.45) is 1.24. The van der Waals surface area contributed by atoms with Gasteiger partial charge in [0.1, 0.15) is 35.8 Å². The Morgan fingerprint density at radius 2 is 1.71 bits per heavy atom. The molecule has 0 aromatic carbocycles. The van der Waals surface area contributed by atoms with Crippen LogP contribution in [0, 0.1) is 45.3 Å². The molecule has 9 heteroatoms. The van der Waals surface area contributed by atoms with E-state index in [-0.39, 0.29) is 40.5 Å². The zero-order valence-electron chi connectivity index (χ0n) is 28.6. The molecular weight excluding hydrogens is 576 g/mol. The molecule has 1 heterocycles. The van der Waals surface area contributed by atoms with Crippen molar-refractivity contribution in [2.45, 2.75) is 149 Å². The van der Waals surface area contributed by atoms with Crippen molar-refractivity contribution in [1.82, 2.24) is 0 Å². The van der Waals surface area contributed by atoms with E-state index in [0.717, 1.165) is 25.7 Å². The molecule has 0 aromatic heterocycles. The van der Waals surface area contributed by atoms with Crippen LogP contribution in [0.5, 0.6) is 0 Å². The van der Waals surface area contributed by atoms with Gasteiger partial charge in [0.05, 0.1) is 12.7 Å². The molecule has 5 N–H and O–H groups in total. The molecule has 0 unspecified atom stereocenters. The molecule has 0 bridgehead atoms. The number of rotatable bonds is 8. The molecule has 0 aromatic rings. The van der Waals surface area contributed by atoms with Crippen LogP contribution in [0.15, 0.2) is 11.6 Å². The molecule has 5 rings (SSSR count). The minimum atomic E-state index is -1.50. The Balaban J connectivity index is 1.38. The summed E-state index contributed by atoms with van der Waals surface area (Å²) in [4.78, 5) is 27.1. The van der Waals surface area contributed by atoms with Crippen molar-refractivity contribution >= 4 is 11.6 Å². The summed E-state index contributed by atoms with van der Waals surface area (Å²) in [7, 11) is 0. The summed E-state index contributed by atoms with van der Waals surface area (Å²) in [5.74, 6) is 1.05. The van der Waals surface area contributed by atoms with E-state index in [2.05, 4.69) is 47.6 Å². The van der Waals surface area contributed by atoms with Crippen molar-refractivity contribution in [3.05, 3.63) is 11.6 Å². The number of hydrogen-bond acceptors (Lipinski definition) is 9. The summed E-state index contributed by atoms with van der Waals surface area (Å²) in [5, 5.41) is 51.0.